The summed E-state index contributed by atoms with van der Waals surface area (Å²) >= 11 is 6.21. The summed E-state index contributed by atoms with van der Waals surface area (Å²) in [5.74, 6) is 0.837. The predicted octanol–water partition coefficient (Wildman–Crippen LogP) is 4.10. The lowest BCUT2D eigenvalue weighted by Crippen LogP contribution is -2.07. The third kappa shape index (κ3) is 2.72. The van der Waals surface area contributed by atoms with E-state index in [9.17, 15) is 0 Å². The van der Waals surface area contributed by atoms with E-state index in [1.165, 1.54) is 0 Å². The molecule has 0 amide bonds. The Morgan fingerprint density at radius 1 is 1.24 bits per heavy atom. The van der Waals surface area contributed by atoms with Crippen LogP contribution in [0.2, 0.25) is 5.02 Å². The predicted molar refractivity (Wildman–Crippen MR) is 86.7 cm³/mol. The van der Waals surface area contributed by atoms with Gasteiger partial charge in [0.15, 0.2) is 0 Å². The molecule has 0 aliphatic carbocycles. The number of hydrogen-bond donors (Lipinski definition) is 1. The summed E-state index contributed by atoms with van der Waals surface area (Å²) in [7, 11) is 1.91. The van der Waals surface area contributed by atoms with E-state index >= 15 is 0 Å². The fraction of sp³-hybridized carbons (Fsp3) is 0.250. The van der Waals surface area contributed by atoms with Crippen LogP contribution in [0.1, 0.15) is 24.1 Å². The molecule has 0 bridgehead atoms. The van der Waals surface area contributed by atoms with Gasteiger partial charge in [-0.1, -0.05) is 17.7 Å². The van der Waals surface area contributed by atoms with Gasteiger partial charge in [0.25, 0.3) is 0 Å². The zero-order valence-corrected chi connectivity index (χ0v) is 13.0. The molecule has 2 aromatic heterocycles. The summed E-state index contributed by atoms with van der Waals surface area (Å²) in [6.45, 7) is 4.13. The highest BCUT2D eigenvalue weighted by molar-refractivity contribution is 6.35. The van der Waals surface area contributed by atoms with Crippen molar-refractivity contribution in [1.82, 2.24) is 14.8 Å². The van der Waals surface area contributed by atoms with Crippen molar-refractivity contribution >= 4 is 28.3 Å². The van der Waals surface area contributed by atoms with E-state index < -0.39 is 0 Å². The molecular weight excluding hydrogens is 284 g/mol. The average molecular weight is 301 g/mol. The summed E-state index contributed by atoms with van der Waals surface area (Å²) in [6.07, 6.45) is 3.86. The van der Waals surface area contributed by atoms with Crippen molar-refractivity contribution in [2.24, 2.45) is 7.05 Å². The molecule has 5 heteroatoms. The van der Waals surface area contributed by atoms with E-state index in [1.54, 1.807) is 4.68 Å². The molecule has 0 aliphatic heterocycles. The lowest BCUT2D eigenvalue weighted by Gasteiger charge is -2.14. The van der Waals surface area contributed by atoms with Gasteiger partial charge in [0, 0.05) is 29.2 Å². The lowest BCUT2D eigenvalue weighted by molar-refractivity contribution is 0.765. The normalized spacial score (nSPS) is 12.6. The van der Waals surface area contributed by atoms with Crippen LogP contribution in [-0.4, -0.2) is 14.8 Å². The molecule has 4 nitrogen and oxygen atoms in total. The molecule has 3 aromatic rings. The smallest absolute Gasteiger partial charge is 0.127 e. The third-order valence-electron chi connectivity index (χ3n) is 3.59. The van der Waals surface area contributed by atoms with Crippen molar-refractivity contribution < 1.29 is 0 Å². The van der Waals surface area contributed by atoms with Crippen LogP contribution in [0.4, 0.5) is 5.82 Å². The van der Waals surface area contributed by atoms with Gasteiger partial charge in [0.05, 0.1) is 17.8 Å². The number of fused-ring (bicyclic) bond motifs is 1. The van der Waals surface area contributed by atoms with Crippen LogP contribution >= 0.6 is 11.6 Å². The highest BCUT2D eigenvalue weighted by atomic mass is 35.5. The summed E-state index contributed by atoms with van der Waals surface area (Å²) in [4.78, 5) is 4.69. The first kappa shape index (κ1) is 13.9. The fourth-order valence-corrected chi connectivity index (χ4v) is 2.58. The number of halogens is 1. The number of anilines is 1. The Morgan fingerprint density at radius 2 is 2.05 bits per heavy atom. The Hall–Kier alpha value is -2.07. The highest BCUT2D eigenvalue weighted by Gasteiger charge is 2.10. The van der Waals surface area contributed by atoms with Gasteiger partial charge in [-0.25, -0.2) is 4.98 Å². The van der Waals surface area contributed by atoms with E-state index in [4.69, 9.17) is 11.6 Å². The summed E-state index contributed by atoms with van der Waals surface area (Å²) < 4.78 is 1.80. The Kier molecular flexibility index (Phi) is 3.55. The van der Waals surface area contributed by atoms with Crippen molar-refractivity contribution in [2.45, 2.75) is 19.9 Å². The zero-order valence-electron chi connectivity index (χ0n) is 12.3. The molecule has 1 unspecified atom stereocenters. The largest absolute Gasteiger partial charge is 0.363 e. The topological polar surface area (TPSA) is 42.7 Å². The second-order valence-electron chi connectivity index (χ2n) is 5.27. The second kappa shape index (κ2) is 5.37. The highest BCUT2D eigenvalue weighted by Crippen LogP contribution is 2.27. The molecule has 1 aromatic carbocycles. The van der Waals surface area contributed by atoms with Gasteiger partial charge in [-0.05, 0) is 37.6 Å². The minimum absolute atomic E-state index is 0.142. The minimum Gasteiger partial charge on any atom is -0.363 e. The molecule has 2 heterocycles. The fourth-order valence-electron chi connectivity index (χ4n) is 2.37. The zero-order chi connectivity index (χ0) is 15.0. The maximum Gasteiger partial charge on any atom is 0.127 e. The Morgan fingerprint density at radius 3 is 2.76 bits per heavy atom. The molecule has 108 valence electrons. The summed E-state index contributed by atoms with van der Waals surface area (Å²) in [6, 6.07) is 8.01. The monoisotopic (exact) mass is 300 g/mol. The van der Waals surface area contributed by atoms with E-state index in [0.717, 1.165) is 32.9 Å². The quantitative estimate of drug-likeness (QED) is 0.792. The van der Waals surface area contributed by atoms with Gasteiger partial charge in [-0.15, -0.1) is 0 Å². The molecule has 0 radical (unpaired) electrons. The van der Waals surface area contributed by atoms with Gasteiger partial charge in [0.1, 0.15) is 5.82 Å². The van der Waals surface area contributed by atoms with Gasteiger partial charge < -0.3 is 5.32 Å². The first-order valence-electron chi connectivity index (χ1n) is 6.85. The number of pyridine rings is 1. The van der Waals surface area contributed by atoms with Crippen molar-refractivity contribution in [3.05, 3.63) is 52.8 Å². The summed E-state index contributed by atoms with van der Waals surface area (Å²) in [5, 5.41) is 9.31. The maximum atomic E-state index is 6.21. The van der Waals surface area contributed by atoms with Crippen LogP contribution in [0, 0.1) is 6.92 Å². The minimum atomic E-state index is 0.142. The molecule has 0 aliphatic rings. The Labute approximate surface area is 128 Å². The van der Waals surface area contributed by atoms with Gasteiger partial charge in [-0.3, -0.25) is 4.68 Å². The van der Waals surface area contributed by atoms with Crippen LogP contribution in [0.15, 0.2) is 36.7 Å². The molecule has 1 N–H and O–H groups in total. The number of aryl methyl sites for hydroxylation is 2. The molecule has 0 saturated heterocycles. The van der Waals surface area contributed by atoms with Crippen molar-refractivity contribution in [3.8, 4) is 0 Å². The van der Waals surface area contributed by atoms with Crippen LogP contribution in [0.25, 0.3) is 10.9 Å². The summed E-state index contributed by atoms with van der Waals surface area (Å²) in [5.41, 5.74) is 3.18. The SMILES string of the molecule is Cc1ccc(Cl)c2ccc(NC(C)c3cnn(C)c3)nc12. The Balaban J connectivity index is 1.93. The second-order valence-corrected chi connectivity index (χ2v) is 5.68. The number of hydrogen-bond acceptors (Lipinski definition) is 3. The van der Waals surface area contributed by atoms with Crippen LogP contribution in [0.3, 0.4) is 0 Å². The number of aromatic nitrogens is 3. The molecule has 0 spiro atoms. The molecule has 1 atom stereocenters. The number of rotatable bonds is 3. The van der Waals surface area contributed by atoms with Crippen molar-refractivity contribution in [3.63, 3.8) is 0 Å². The van der Waals surface area contributed by atoms with E-state index in [-0.39, 0.29) is 6.04 Å². The van der Waals surface area contributed by atoms with Crippen LogP contribution in [-0.2, 0) is 7.05 Å². The Bertz CT molecular complexity index is 794. The number of benzene rings is 1. The van der Waals surface area contributed by atoms with Crippen molar-refractivity contribution in [1.29, 1.82) is 0 Å². The third-order valence-corrected chi connectivity index (χ3v) is 3.92. The van der Waals surface area contributed by atoms with Gasteiger partial charge in [-0.2, -0.15) is 5.10 Å². The number of nitrogens with one attached hydrogen (secondary N) is 1. The first-order valence-corrected chi connectivity index (χ1v) is 7.23. The van der Waals surface area contributed by atoms with E-state index in [2.05, 4.69) is 22.3 Å². The molecule has 0 saturated carbocycles. The van der Waals surface area contributed by atoms with Crippen molar-refractivity contribution in [2.75, 3.05) is 5.32 Å². The maximum absolute atomic E-state index is 6.21. The molecular formula is C16H17ClN4. The van der Waals surface area contributed by atoms with Gasteiger partial charge in [0.2, 0.25) is 0 Å². The first-order chi connectivity index (χ1) is 10.0. The van der Waals surface area contributed by atoms with Crippen LogP contribution < -0.4 is 5.32 Å². The molecule has 3 rings (SSSR count). The average Bonchev–Trinajstić information content (AvgIpc) is 2.90. The van der Waals surface area contributed by atoms with E-state index in [0.29, 0.717) is 0 Å². The van der Waals surface area contributed by atoms with Gasteiger partial charge >= 0.3 is 0 Å². The molecule has 21 heavy (non-hydrogen) atoms. The molecule has 0 fully saturated rings. The van der Waals surface area contributed by atoms with Crippen LogP contribution in [0.5, 0.6) is 0 Å². The standard InChI is InChI=1S/C16H17ClN4/c1-10-4-6-14(17)13-5-7-15(20-16(10)13)19-11(2)12-8-18-21(3)9-12/h4-9,11H,1-3H3,(H,19,20). The lowest BCUT2D eigenvalue weighted by atomic mass is 10.1. The van der Waals surface area contributed by atoms with E-state index in [1.807, 2.05) is 50.6 Å². The number of nitrogens with zero attached hydrogens (tertiary/aromatic N) is 3.